The number of hydrogen-bond donors (Lipinski definition) is 0. The van der Waals surface area contributed by atoms with Crippen molar-refractivity contribution in [3.05, 3.63) is 29.8 Å². The van der Waals surface area contributed by atoms with Gasteiger partial charge in [-0.05, 0) is 18.6 Å². The van der Waals surface area contributed by atoms with E-state index in [1.165, 1.54) is 6.07 Å². The van der Waals surface area contributed by atoms with Crippen LogP contribution in [0.1, 0.15) is 10.4 Å². The number of rotatable bonds is 2. The molecule has 1 aromatic carbocycles. The van der Waals surface area contributed by atoms with E-state index in [0.29, 0.717) is 5.75 Å². The van der Waals surface area contributed by atoms with Crippen LogP contribution >= 0.6 is 0 Å². The maximum absolute atomic E-state index is 12.3. The average Bonchev–Trinajstić information content (AvgIpc) is 2.39. The van der Waals surface area contributed by atoms with Crippen LogP contribution in [-0.4, -0.2) is 37.4 Å². The first-order valence-electron chi connectivity index (χ1n) is 5.19. The third-order valence-corrected chi connectivity index (χ3v) is 2.45. The zero-order valence-corrected chi connectivity index (χ0v) is 8.91. The molecule has 0 N–H and O–H groups in total. The topological polar surface area (TPSA) is 29.5 Å². The van der Waals surface area contributed by atoms with E-state index in [4.69, 9.17) is 4.74 Å². The molecule has 1 amide bonds. The number of halogens is 3. The molecule has 0 fully saturated rings. The first-order valence-corrected chi connectivity index (χ1v) is 5.19. The summed E-state index contributed by atoms with van der Waals surface area (Å²) in [6.45, 7) is -4.99. The number of carbonyl (C=O) groups is 1. The Morgan fingerprint density at radius 1 is 1.29 bits per heavy atom. The van der Waals surface area contributed by atoms with E-state index in [0.717, 1.165) is 4.90 Å². The second-order valence-electron chi connectivity index (χ2n) is 3.81. The van der Waals surface area contributed by atoms with Crippen LogP contribution in [0.15, 0.2) is 24.3 Å². The number of hydrogen-bond acceptors (Lipinski definition) is 2. The summed E-state index contributed by atoms with van der Waals surface area (Å²) in [6.07, 6.45) is -1.18. The van der Waals surface area contributed by atoms with Gasteiger partial charge in [0.05, 0.1) is 12.1 Å². The highest BCUT2D eigenvalue weighted by Crippen LogP contribution is 2.23. The Morgan fingerprint density at radius 3 is 2.71 bits per heavy atom. The molecule has 0 saturated heterocycles. The number of carbonyl (C=O) groups excluding carboxylic acids is 1. The monoisotopic (exact) mass is 244 g/mol. The zero-order chi connectivity index (χ0) is 12.5. The van der Waals surface area contributed by atoms with Crippen molar-refractivity contribution in [1.29, 1.82) is 0 Å². The lowest BCUT2D eigenvalue weighted by molar-refractivity contribution is 0.0768. The Hall–Kier alpha value is -1.66. The predicted octanol–water partition coefficient (Wildman–Crippen LogP) is 1.91. The van der Waals surface area contributed by atoms with Gasteiger partial charge in [-0.15, -0.1) is 0 Å². The van der Waals surface area contributed by atoms with Crippen molar-refractivity contribution >= 4 is 12.9 Å². The lowest BCUT2D eigenvalue weighted by atomic mass is 9.91. The molecule has 17 heavy (non-hydrogen) atoms. The van der Waals surface area contributed by atoms with Gasteiger partial charge in [0.1, 0.15) is 12.4 Å². The largest absolute Gasteiger partial charge is 0.497 e. The first kappa shape index (κ1) is 11.8. The van der Waals surface area contributed by atoms with Gasteiger partial charge in [0.2, 0.25) is 0 Å². The first-order chi connectivity index (χ1) is 7.97. The molecule has 0 spiro atoms. The minimum atomic E-state index is -5.02. The van der Waals surface area contributed by atoms with Gasteiger partial charge in [0, 0.05) is 0 Å². The molecular formula is C10H10BF3NO2-. The zero-order valence-electron chi connectivity index (χ0n) is 8.91. The molecule has 0 radical (unpaired) electrons. The Bertz CT molecular complexity index is 436. The molecule has 0 atom stereocenters. The molecule has 0 unspecified atom stereocenters. The molecule has 1 heterocycles. The van der Waals surface area contributed by atoms with E-state index in [1.54, 1.807) is 18.2 Å². The van der Waals surface area contributed by atoms with E-state index >= 15 is 0 Å². The Kier molecular flexibility index (Phi) is 3.00. The maximum Gasteiger partial charge on any atom is 0.497 e. The van der Waals surface area contributed by atoms with Gasteiger partial charge in [-0.1, -0.05) is 12.1 Å². The molecule has 7 heteroatoms. The van der Waals surface area contributed by atoms with Crippen LogP contribution in [0.4, 0.5) is 12.9 Å². The summed E-state index contributed by atoms with van der Waals surface area (Å²) in [7, 11) is 0. The normalized spacial score (nSPS) is 16.2. The molecule has 0 aliphatic carbocycles. The van der Waals surface area contributed by atoms with Crippen LogP contribution in [0.3, 0.4) is 0 Å². The summed E-state index contributed by atoms with van der Waals surface area (Å²) in [5.41, 5.74) is 0.185. The maximum atomic E-state index is 12.3. The van der Waals surface area contributed by atoms with E-state index < -0.39 is 19.3 Å². The number of nitrogens with zero attached hydrogens (tertiary/aromatic N) is 1. The van der Waals surface area contributed by atoms with Crippen molar-refractivity contribution in [2.45, 2.75) is 0 Å². The fourth-order valence-corrected chi connectivity index (χ4v) is 1.73. The van der Waals surface area contributed by atoms with Gasteiger partial charge in [0.15, 0.2) is 0 Å². The number of para-hydroxylation sites is 1. The van der Waals surface area contributed by atoms with Crippen molar-refractivity contribution in [3.8, 4) is 5.75 Å². The molecule has 92 valence electrons. The van der Waals surface area contributed by atoms with Gasteiger partial charge < -0.3 is 22.6 Å². The summed E-state index contributed by atoms with van der Waals surface area (Å²) in [6, 6.07) is 6.33. The van der Waals surface area contributed by atoms with Crippen molar-refractivity contribution < 1.29 is 22.5 Å². The molecule has 3 nitrogen and oxygen atoms in total. The number of benzene rings is 1. The van der Waals surface area contributed by atoms with E-state index in [9.17, 15) is 17.7 Å². The fraction of sp³-hybridized carbons (Fsp3) is 0.300. The van der Waals surface area contributed by atoms with Crippen LogP contribution in [-0.2, 0) is 0 Å². The minimum Gasteiger partial charge on any atom is -0.491 e. The second-order valence-corrected chi connectivity index (χ2v) is 3.81. The SMILES string of the molecule is O=C1c2ccccc2OCCN1C[B-](F)(F)F. The van der Waals surface area contributed by atoms with Gasteiger partial charge in [-0.25, -0.2) is 0 Å². The second kappa shape index (κ2) is 4.31. The molecule has 1 aromatic rings. The highest BCUT2D eigenvalue weighted by molar-refractivity contribution is 6.58. The van der Waals surface area contributed by atoms with Gasteiger partial charge in [0.25, 0.3) is 5.91 Å². The summed E-state index contributed by atoms with van der Waals surface area (Å²) >= 11 is 0. The Labute approximate surface area is 96.2 Å². The molecule has 2 rings (SSSR count). The third kappa shape index (κ3) is 2.72. The molecule has 1 aliphatic rings. The van der Waals surface area contributed by atoms with Gasteiger partial charge >= 0.3 is 6.98 Å². The lowest BCUT2D eigenvalue weighted by Crippen LogP contribution is -2.42. The number of ether oxygens (including phenoxy) is 1. The smallest absolute Gasteiger partial charge is 0.491 e. The molecule has 0 aromatic heterocycles. The Morgan fingerprint density at radius 2 is 2.00 bits per heavy atom. The lowest BCUT2D eigenvalue weighted by Gasteiger charge is -2.26. The van der Waals surface area contributed by atoms with Crippen molar-refractivity contribution in [3.63, 3.8) is 0 Å². The van der Waals surface area contributed by atoms with Crippen molar-refractivity contribution in [2.24, 2.45) is 0 Å². The van der Waals surface area contributed by atoms with Crippen molar-refractivity contribution in [1.82, 2.24) is 4.90 Å². The summed E-state index contributed by atoms with van der Waals surface area (Å²) in [5.74, 6) is -0.285. The number of amides is 1. The highest BCUT2D eigenvalue weighted by atomic mass is 19.4. The van der Waals surface area contributed by atoms with Crippen LogP contribution in [0.5, 0.6) is 5.75 Å². The average molecular weight is 244 g/mol. The Balaban J connectivity index is 2.26. The molecular weight excluding hydrogens is 234 g/mol. The standard InChI is InChI=1S/C10H10BF3NO2/c12-11(13,14)7-15-5-6-17-9-4-2-1-3-8(9)10(15)16/h1-4H,5-7H2/q-1. The quantitative estimate of drug-likeness (QED) is 0.743. The fourth-order valence-electron chi connectivity index (χ4n) is 1.73. The molecule has 1 aliphatic heterocycles. The van der Waals surface area contributed by atoms with Crippen molar-refractivity contribution in [2.75, 3.05) is 19.6 Å². The van der Waals surface area contributed by atoms with E-state index in [1.807, 2.05) is 0 Å². The number of fused-ring (bicyclic) bond motifs is 1. The summed E-state index contributed by atoms with van der Waals surface area (Å²) in [4.78, 5) is 12.7. The molecule has 0 saturated carbocycles. The van der Waals surface area contributed by atoms with Gasteiger partial charge in [-0.2, -0.15) is 0 Å². The summed E-state index contributed by atoms with van der Waals surface area (Å²) in [5, 5.41) is 0. The van der Waals surface area contributed by atoms with Gasteiger partial charge in [-0.3, -0.25) is 4.79 Å². The minimum absolute atomic E-state index is 0.0469. The van der Waals surface area contributed by atoms with E-state index in [-0.39, 0.29) is 18.7 Å². The predicted molar refractivity (Wildman–Crippen MR) is 56.9 cm³/mol. The van der Waals surface area contributed by atoms with Crippen LogP contribution in [0, 0.1) is 0 Å². The van der Waals surface area contributed by atoms with Crippen LogP contribution < -0.4 is 4.74 Å². The molecule has 0 bridgehead atoms. The van der Waals surface area contributed by atoms with Crippen LogP contribution in [0.25, 0.3) is 0 Å². The third-order valence-electron chi connectivity index (χ3n) is 2.45. The highest BCUT2D eigenvalue weighted by Gasteiger charge is 2.31. The summed E-state index contributed by atoms with van der Waals surface area (Å²) < 4.78 is 42.3. The van der Waals surface area contributed by atoms with E-state index in [2.05, 4.69) is 0 Å². The van der Waals surface area contributed by atoms with Crippen LogP contribution in [0.2, 0.25) is 0 Å².